The Hall–Kier alpha value is -1.49. The molecule has 2 rings (SSSR count). The summed E-state index contributed by atoms with van der Waals surface area (Å²) in [6, 6.07) is 6.16. The van der Waals surface area contributed by atoms with Crippen molar-refractivity contribution in [3.05, 3.63) is 18.2 Å². The van der Waals surface area contributed by atoms with Crippen molar-refractivity contribution in [1.82, 2.24) is 5.32 Å². The molecule has 4 nitrogen and oxygen atoms in total. The predicted octanol–water partition coefficient (Wildman–Crippen LogP) is 3.57. The zero-order valence-electron chi connectivity index (χ0n) is 12.9. The normalized spacial score (nSPS) is 21.5. The second kappa shape index (κ2) is 7.50. The summed E-state index contributed by atoms with van der Waals surface area (Å²) in [4.78, 5) is 0. The summed E-state index contributed by atoms with van der Waals surface area (Å²) < 4.78 is 10.5. The molecule has 1 aromatic carbocycles. The summed E-state index contributed by atoms with van der Waals surface area (Å²) in [5, 5.41) is 7.32. The highest BCUT2D eigenvalue weighted by atomic mass is 32.1. The standard InChI is InChI=1S/C16H24N2O2S/c1-11-6-4-5-7-13(11)18-16(21)17-12-8-9-14(19-2)15(10-12)20-3/h8-11,13H,4-7H2,1-3H3,(H2,17,18,21)/t11-,13-/m0/s1. The van der Waals surface area contributed by atoms with Gasteiger partial charge in [0.2, 0.25) is 0 Å². The Bertz CT molecular complexity index is 493. The largest absolute Gasteiger partial charge is 0.493 e. The molecule has 0 saturated heterocycles. The molecule has 0 aromatic heterocycles. The van der Waals surface area contributed by atoms with E-state index >= 15 is 0 Å². The van der Waals surface area contributed by atoms with Gasteiger partial charge in [-0.2, -0.15) is 0 Å². The zero-order chi connectivity index (χ0) is 15.2. The molecule has 116 valence electrons. The van der Waals surface area contributed by atoms with Gasteiger partial charge in [0.25, 0.3) is 0 Å². The fourth-order valence-corrected chi connectivity index (χ4v) is 3.05. The summed E-state index contributed by atoms with van der Waals surface area (Å²) >= 11 is 5.42. The van der Waals surface area contributed by atoms with Crippen LogP contribution in [0.4, 0.5) is 5.69 Å². The van der Waals surface area contributed by atoms with Crippen molar-refractivity contribution in [3.63, 3.8) is 0 Å². The summed E-state index contributed by atoms with van der Waals surface area (Å²) in [7, 11) is 3.25. The molecule has 0 bridgehead atoms. The Morgan fingerprint density at radius 3 is 2.52 bits per heavy atom. The molecule has 0 amide bonds. The van der Waals surface area contributed by atoms with E-state index in [1.54, 1.807) is 14.2 Å². The van der Waals surface area contributed by atoms with Crippen LogP contribution in [0.2, 0.25) is 0 Å². The van der Waals surface area contributed by atoms with Gasteiger partial charge in [-0.25, -0.2) is 0 Å². The summed E-state index contributed by atoms with van der Waals surface area (Å²) in [5.41, 5.74) is 0.897. The molecule has 1 fully saturated rings. The van der Waals surface area contributed by atoms with Crippen molar-refractivity contribution < 1.29 is 9.47 Å². The number of hydrogen-bond donors (Lipinski definition) is 2. The summed E-state index contributed by atoms with van der Waals surface area (Å²) in [6.07, 6.45) is 5.07. The molecule has 1 aliphatic rings. The Morgan fingerprint density at radius 2 is 1.86 bits per heavy atom. The second-order valence-corrected chi connectivity index (χ2v) is 5.94. The maximum Gasteiger partial charge on any atom is 0.171 e. The first-order valence-corrected chi connectivity index (χ1v) is 7.84. The number of benzene rings is 1. The molecule has 0 heterocycles. The quantitative estimate of drug-likeness (QED) is 0.832. The molecule has 1 aromatic rings. The van der Waals surface area contributed by atoms with Gasteiger partial charge in [-0.05, 0) is 43.1 Å². The van der Waals surface area contributed by atoms with Crippen molar-refractivity contribution in [2.75, 3.05) is 19.5 Å². The van der Waals surface area contributed by atoms with Gasteiger partial charge in [-0.3, -0.25) is 0 Å². The minimum atomic E-state index is 0.471. The smallest absolute Gasteiger partial charge is 0.171 e. The van der Waals surface area contributed by atoms with Gasteiger partial charge in [0.05, 0.1) is 14.2 Å². The Labute approximate surface area is 132 Å². The molecular formula is C16H24N2O2S. The second-order valence-electron chi connectivity index (χ2n) is 5.54. The first-order chi connectivity index (χ1) is 10.1. The molecular weight excluding hydrogens is 284 g/mol. The van der Waals surface area contributed by atoms with Crippen LogP contribution in [0, 0.1) is 5.92 Å². The molecule has 0 radical (unpaired) electrons. The third-order valence-corrected chi connectivity index (χ3v) is 4.29. The number of ether oxygens (including phenoxy) is 2. The Kier molecular flexibility index (Phi) is 5.67. The summed E-state index contributed by atoms with van der Waals surface area (Å²) in [5.74, 6) is 2.07. The highest BCUT2D eigenvalue weighted by molar-refractivity contribution is 7.80. The van der Waals surface area contributed by atoms with E-state index in [0.29, 0.717) is 28.6 Å². The molecule has 2 atom stereocenters. The minimum absolute atomic E-state index is 0.471. The van der Waals surface area contributed by atoms with Crippen molar-refractivity contribution in [2.24, 2.45) is 5.92 Å². The minimum Gasteiger partial charge on any atom is -0.493 e. The number of anilines is 1. The summed E-state index contributed by atoms with van der Waals surface area (Å²) in [6.45, 7) is 2.29. The van der Waals surface area contributed by atoms with Gasteiger partial charge < -0.3 is 20.1 Å². The van der Waals surface area contributed by atoms with Crippen molar-refractivity contribution in [3.8, 4) is 11.5 Å². The van der Waals surface area contributed by atoms with Crippen LogP contribution in [0.3, 0.4) is 0 Å². The fourth-order valence-electron chi connectivity index (χ4n) is 2.78. The SMILES string of the molecule is COc1ccc(NC(=S)N[C@H]2CCCC[C@@H]2C)cc1OC. The number of methoxy groups -OCH3 is 2. The predicted molar refractivity (Wildman–Crippen MR) is 90.3 cm³/mol. The third kappa shape index (κ3) is 4.24. The lowest BCUT2D eigenvalue weighted by Crippen LogP contribution is -2.43. The molecule has 1 aliphatic carbocycles. The number of hydrogen-bond acceptors (Lipinski definition) is 3. The van der Waals surface area contributed by atoms with Crippen molar-refractivity contribution in [1.29, 1.82) is 0 Å². The average molecular weight is 308 g/mol. The van der Waals surface area contributed by atoms with Crippen LogP contribution in [0.5, 0.6) is 11.5 Å². The lowest BCUT2D eigenvalue weighted by Gasteiger charge is -2.30. The van der Waals surface area contributed by atoms with Crippen molar-refractivity contribution >= 4 is 23.0 Å². The van der Waals surface area contributed by atoms with Crippen LogP contribution in [0.25, 0.3) is 0 Å². The lowest BCUT2D eigenvalue weighted by molar-refractivity contribution is 0.309. The Balaban J connectivity index is 1.96. The molecule has 21 heavy (non-hydrogen) atoms. The van der Waals surface area contributed by atoms with Gasteiger partial charge in [0.15, 0.2) is 16.6 Å². The average Bonchev–Trinajstić information content (AvgIpc) is 2.49. The van der Waals surface area contributed by atoms with Crippen LogP contribution >= 0.6 is 12.2 Å². The highest BCUT2D eigenvalue weighted by Gasteiger charge is 2.21. The van der Waals surface area contributed by atoms with E-state index < -0.39 is 0 Å². The molecule has 2 N–H and O–H groups in total. The van der Waals surface area contributed by atoms with E-state index in [4.69, 9.17) is 21.7 Å². The lowest BCUT2D eigenvalue weighted by atomic mass is 9.86. The van der Waals surface area contributed by atoms with E-state index in [1.165, 1.54) is 25.7 Å². The van der Waals surface area contributed by atoms with Gasteiger partial charge >= 0.3 is 0 Å². The first-order valence-electron chi connectivity index (χ1n) is 7.43. The van der Waals surface area contributed by atoms with E-state index in [1.807, 2.05) is 18.2 Å². The highest BCUT2D eigenvalue weighted by Crippen LogP contribution is 2.30. The molecule has 0 aliphatic heterocycles. The number of rotatable bonds is 4. The number of thiocarbonyl (C=S) groups is 1. The van der Waals surface area contributed by atoms with Crippen molar-refractivity contribution in [2.45, 2.75) is 38.6 Å². The van der Waals surface area contributed by atoms with E-state index in [9.17, 15) is 0 Å². The molecule has 0 spiro atoms. The van der Waals surface area contributed by atoms with Gasteiger partial charge in [-0.15, -0.1) is 0 Å². The van der Waals surface area contributed by atoms with Gasteiger partial charge in [-0.1, -0.05) is 19.8 Å². The Morgan fingerprint density at radius 1 is 1.14 bits per heavy atom. The van der Waals surface area contributed by atoms with Crippen LogP contribution in [0.15, 0.2) is 18.2 Å². The van der Waals surface area contributed by atoms with Crippen LogP contribution in [-0.2, 0) is 0 Å². The van der Waals surface area contributed by atoms with Gasteiger partial charge in [0, 0.05) is 17.8 Å². The van der Waals surface area contributed by atoms with E-state index in [0.717, 1.165) is 5.69 Å². The first kappa shape index (κ1) is 15.9. The number of nitrogens with one attached hydrogen (secondary N) is 2. The maximum atomic E-state index is 5.42. The van der Waals surface area contributed by atoms with Crippen LogP contribution in [-0.4, -0.2) is 25.4 Å². The third-order valence-electron chi connectivity index (χ3n) is 4.07. The zero-order valence-corrected chi connectivity index (χ0v) is 13.8. The van der Waals surface area contributed by atoms with Crippen LogP contribution < -0.4 is 20.1 Å². The molecule has 1 saturated carbocycles. The van der Waals surface area contributed by atoms with Gasteiger partial charge in [0.1, 0.15) is 0 Å². The topological polar surface area (TPSA) is 42.5 Å². The molecule has 0 unspecified atom stereocenters. The van der Waals surface area contributed by atoms with E-state index in [-0.39, 0.29) is 0 Å². The van der Waals surface area contributed by atoms with E-state index in [2.05, 4.69) is 17.6 Å². The van der Waals surface area contributed by atoms with Crippen LogP contribution in [0.1, 0.15) is 32.6 Å². The fraction of sp³-hybridized carbons (Fsp3) is 0.562. The molecule has 5 heteroatoms. The maximum absolute atomic E-state index is 5.42. The monoisotopic (exact) mass is 308 g/mol.